The van der Waals surface area contributed by atoms with E-state index in [9.17, 15) is 5.11 Å². The lowest BCUT2D eigenvalue weighted by atomic mass is 9.81. The van der Waals surface area contributed by atoms with Crippen molar-refractivity contribution in [3.8, 4) is 0 Å². The monoisotopic (exact) mass is 270 g/mol. The maximum absolute atomic E-state index is 9.49. The summed E-state index contributed by atoms with van der Waals surface area (Å²) in [5, 5.41) is 13.2. The molecule has 0 aromatic carbocycles. The van der Waals surface area contributed by atoms with E-state index >= 15 is 0 Å². The second-order valence-electron chi connectivity index (χ2n) is 6.24. The molecule has 1 aliphatic heterocycles. The van der Waals surface area contributed by atoms with Gasteiger partial charge in [-0.05, 0) is 31.1 Å². The molecule has 0 radical (unpaired) electrons. The molecular formula is C15H30N2O2. The summed E-state index contributed by atoms with van der Waals surface area (Å²) in [6.07, 6.45) is 5.08. The summed E-state index contributed by atoms with van der Waals surface area (Å²) in [6, 6.07) is 0.961. The van der Waals surface area contributed by atoms with E-state index in [1.54, 1.807) is 0 Å². The molecule has 1 unspecified atom stereocenters. The number of hydrogen-bond donors (Lipinski definition) is 2. The molecule has 2 fully saturated rings. The number of morpholine rings is 1. The van der Waals surface area contributed by atoms with E-state index in [2.05, 4.69) is 24.1 Å². The Morgan fingerprint density at radius 1 is 1.32 bits per heavy atom. The maximum Gasteiger partial charge on any atom is 0.0644 e. The van der Waals surface area contributed by atoms with Crippen LogP contribution in [-0.4, -0.2) is 61.5 Å². The number of rotatable bonds is 8. The normalized spacial score (nSPS) is 25.7. The number of aliphatic hydroxyl groups excluding tert-OH is 1. The summed E-state index contributed by atoms with van der Waals surface area (Å²) in [5.41, 5.74) is 0.341. The van der Waals surface area contributed by atoms with Crippen molar-refractivity contribution in [2.75, 3.05) is 39.5 Å². The molecule has 2 aliphatic rings. The van der Waals surface area contributed by atoms with Crippen LogP contribution in [0.25, 0.3) is 0 Å². The van der Waals surface area contributed by atoms with Crippen molar-refractivity contribution in [1.82, 2.24) is 10.2 Å². The minimum absolute atomic E-state index is 0.187. The predicted octanol–water partition coefficient (Wildman–Crippen LogP) is 1.24. The number of hydrogen-bond acceptors (Lipinski definition) is 4. The first-order valence-electron chi connectivity index (χ1n) is 7.89. The Labute approximate surface area is 117 Å². The van der Waals surface area contributed by atoms with E-state index in [0.29, 0.717) is 12.0 Å². The fourth-order valence-corrected chi connectivity index (χ4v) is 2.92. The van der Waals surface area contributed by atoms with E-state index < -0.39 is 0 Å². The summed E-state index contributed by atoms with van der Waals surface area (Å²) in [5.74, 6) is 0. The van der Waals surface area contributed by atoms with Crippen LogP contribution >= 0.6 is 0 Å². The molecule has 1 heterocycles. The molecule has 0 aromatic heterocycles. The van der Waals surface area contributed by atoms with Gasteiger partial charge in [0.05, 0.1) is 25.9 Å². The third-order valence-electron chi connectivity index (χ3n) is 4.94. The van der Waals surface area contributed by atoms with Crippen LogP contribution in [0.5, 0.6) is 0 Å². The van der Waals surface area contributed by atoms with Crippen LogP contribution in [0.1, 0.15) is 39.5 Å². The van der Waals surface area contributed by atoms with Crippen LogP contribution < -0.4 is 5.32 Å². The lowest BCUT2D eigenvalue weighted by Gasteiger charge is -2.42. The van der Waals surface area contributed by atoms with Crippen LogP contribution in [0.15, 0.2) is 0 Å². The van der Waals surface area contributed by atoms with E-state index in [1.807, 2.05) is 0 Å². The van der Waals surface area contributed by atoms with Gasteiger partial charge in [0.25, 0.3) is 0 Å². The molecule has 112 valence electrons. The average Bonchev–Trinajstić information content (AvgIpc) is 3.28. The summed E-state index contributed by atoms with van der Waals surface area (Å²) >= 11 is 0. The first-order chi connectivity index (χ1) is 9.23. The zero-order valence-electron chi connectivity index (χ0n) is 12.5. The van der Waals surface area contributed by atoms with Gasteiger partial charge >= 0.3 is 0 Å². The zero-order chi connectivity index (χ0) is 13.7. The van der Waals surface area contributed by atoms with Crippen molar-refractivity contribution in [3.63, 3.8) is 0 Å². The summed E-state index contributed by atoms with van der Waals surface area (Å²) in [6.45, 7) is 9.43. The predicted molar refractivity (Wildman–Crippen MR) is 77.3 cm³/mol. The third-order valence-corrected chi connectivity index (χ3v) is 4.94. The lowest BCUT2D eigenvalue weighted by molar-refractivity contribution is -0.0458. The number of ether oxygens (including phenoxy) is 1. The Morgan fingerprint density at radius 2 is 2.05 bits per heavy atom. The lowest BCUT2D eigenvalue weighted by Crippen LogP contribution is -2.53. The van der Waals surface area contributed by atoms with Crippen LogP contribution in [0.3, 0.4) is 0 Å². The molecule has 2 N–H and O–H groups in total. The van der Waals surface area contributed by atoms with E-state index in [0.717, 1.165) is 32.3 Å². The maximum atomic E-state index is 9.49. The molecule has 19 heavy (non-hydrogen) atoms. The molecule has 1 saturated heterocycles. The summed E-state index contributed by atoms with van der Waals surface area (Å²) in [7, 11) is 0. The zero-order valence-corrected chi connectivity index (χ0v) is 12.5. The molecule has 4 nitrogen and oxygen atoms in total. The van der Waals surface area contributed by atoms with Crippen LogP contribution in [-0.2, 0) is 4.74 Å². The van der Waals surface area contributed by atoms with Gasteiger partial charge in [0.1, 0.15) is 0 Å². The number of aliphatic hydroxyl groups is 1. The largest absolute Gasteiger partial charge is 0.395 e. The molecule has 0 spiro atoms. The van der Waals surface area contributed by atoms with E-state index in [-0.39, 0.29) is 12.6 Å². The molecular weight excluding hydrogens is 240 g/mol. The van der Waals surface area contributed by atoms with Crippen molar-refractivity contribution < 1.29 is 9.84 Å². The second kappa shape index (κ2) is 7.02. The Kier molecular flexibility index (Phi) is 5.63. The third kappa shape index (κ3) is 4.15. The van der Waals surface area contributed by atoms with E-state index in [1.165, 1.54) is 25.7 Å². The Morgan fingerprint density at radius 3 is 2.63 bits per heavy atom. The molecule has 0 amide bonds. The highest BCUT2D eigenvalue weighted by Crippen LogP contribution is 2.30. The highest BCUT2D eigenvalue weighted by Gasteiger charge is 2.34. The topological polar surface area (TPSA) is 44.7 Å². The molecule has 0 bridgehead atoms. The van der Waals surface area contributed by atoms with Crippen LogP contribution in [0.2, 0.25) is 0 Å². The molecule has 2 rings (SSSR count). The van der Waals surface area contributed by atoms with Crippen molar-refractivity contribution in [2.24, 2.45) is 5.41 Å². The van der Waals surface area contributed by atoms with Gasteiger partial charge in [-0.1, -0.05) is 13.8 Å². The minimum atomic E-state index is 0.187. The molecule has 0 aromatic rings. The quantitative estimate of drug-likeness (QED) is 0.696. The molecule has 1 saturated carbocycles. The van der Waals surface area contributed by atoms with Crippen molar-refractivity contribution in [3.05, 3.63) is 0 Å². The van der Waals surface area contributed by atoms with Gasteiger partial charge in [0.2, 0.25) is 0 Å². The highest BCUT2D eigenvalue weighted by molar-refractivity contribution is 4.90. The van der Waals surface area contributed by atoms with Gasteiger partial charge in [-0.15, -0.1) is 0 Å². The standard InChI is InChI=1S/C15H30N2O2/c1-3-15(4-2,11-16-13-5-6-13)12-17-7-8-19-10-14(17)9-18/h13-14,16,18H,3-12H2,1-2H3. The number of nitrogens with one attached hydrogen (secondary N) is 1. The summed E-state index contributed by atoms with van der Waals surface area (Å²) in [4.78, 5) is 2.44. The van der Waals surface area contributed by atoms with Gasteiger partial charge in [0.15, 0.2) is 0 Å². The Hall–Kier alpha value is -0.160. The SMILES string of the molecule is CCC(CC)(CNC1CC1)CN1CCOCC1CO. The minimum Gasteiger partial charge on any atom is -0.395 e. The van der Waals surface area contributed by atoms with Gasteiger partial charge in [-0.25, -0.2) is 0 Å². The number of nitrogens with zero attached hydrogens (tertiary/aromatic N) is 1. The second-order valence-corrected chi connectivity index (χ2v) is 6.24. The highest BCUT2D eigenvalue weighted by atomic mass is 16.5. The first kappa shape index (κ1) is 15.2. The van der Waals surface area contributed by atoms with Crippen LogP contribution in [0.4, 0.5) is 0 Å². The molecule has 1 atom stereocenters. The Balaban J connectivity index is 1.92. The first-order valence-corrected chi connectivity index (χ1v) is 7.89. The van der Waals surface area contributed by atoms with Crippen molar-refractivity contribution >= 4 is 0 Å². The van der Waals surface area contributed by atoms with Gasteiger partial charge in [0, 0.05) is 25.7 Å². The van der Waals surface area contributed by atoms with Gasteiger partial charge < -0.3 is 15.2 Å². The van der Waals surface area contributed by atoms with Gasteiger partial charge in [-0.3, -0.25) is 4.90 Å². The molecule has 1 aliphatic carbocycles. The Bertz CT molecular complexity index is 265. The van der Waals surface area contributed by atoms with Crippen LogP contribution in [0, 0.1) is 5.41 Å². The average molecular weight is 270 g/mol. The van der Waals surface area contributed by atoms with Crippen molar-refractivity contribution in [2.45, 2.75) is 51.6 Å². The van der Waals surface area contributed by atoms with Gasteiger partial charge in [-0.2, -0.15) is 0 Å². The van der Waals surface area contributed by atoms with Crippen molar-refractivity contribution in [1.29, 1.82) is 0 Å². The fourth-order valence-electron chi connectivity index (χ4n) is 2.92. The summed E-state index contributed by atoms with van der Waals surface area (Å²) < 4.78 is 5.48. The van der Waals surface area contributed by atoms with E-state index in [4.69, 9.17) is 4.74 Å². The fraction of sp³-hybridized carbons (Fsp3) is 1.00. The smallest absolute Gasteiger partial charge is 0.0644 e. The molecule has 4 heteroatoms.